The van der Waals surface area contributed by atoms with Crippen molar-refractivity contribution in [1.29, 1.82) is 0 Å². The van der Waals surface area contributed by atoms with Gasteiger partial charge >= 0.3 is 17.9 Å². The number of hydrogen-bond donors (Lipinski definition) is 4. The van der Waals surface area contributed by atoms with Crippen LogP contribution in [0.3, 0.4) is 0 Å². The van der Waals surface area contributed by atoms with Gasteiger partial charge in [0.25, 0.3) is 0 Å². The number of Topliss-reactive ketones (excluding diaryl/α,β-unsaturated/α-hetero) is 1. The highest BCUT2D eigenvalue weighted by Crippen LogP contribution is 2.21. The molecule has 0 aliphatic rings. The number of aliphatic carboxylic acids is 3. The number of rotatable bonds is 15. The van der Waals surface area contributed by atoms with Crippen molar-refractivity contribution in [3.05, 3.63) is 65.9 Å². The van der Waals surface area contributed by atoms with Gasteiger partial charge in [0.2, 0.25) is 0 Å². The van der Waals surface area contributed by atoms with Crippen LogP contribution < -0.4 is 9.47 Å². The second kappa shape index (κ2) is 16.6. The number of carboxylic acids is 3. The van der Waals surface area contributed by atoms with E-state index in [0.29, 0.717) is 18.1 Å². The smallest absolute Gasteiger partial charge is 0.336 e. The van der Waals surface area contributed by atoms with Gasteiger partial charge in [-0.3, -0.25) is 14.4 Å². The van der Waals surface area contributed by atoms with Gasteiger partial charge in [-0.25, -0.2) is 4.79 Å². The molecule has 0 unspecified atom stereocenters. The highest BCUT2D eigenvalue weighted by atomic mass is 16.5. The summed E-state index contributed by atoms with van der Waals surface area (Å²) in [7, 11) is 0. The summed E-state index contributed by atoms with van der Waals surface area (Å²) < 4.78 is 11.5. The molecule has 39 heavy (non-hydrogen) atoms. The van der Waals surface area contributed by atoms with Crippen molar-refractivity contribution in [1.82, 2.24) is 4.90 Å². The lowest BCUT2D eigenvalue weighted by Crippen LogP contribution is -2.42. The predicted octanol–water partition coefficient (Wildman–Crippen LogP) is 3.17. The average molecular weight is 546 g/mol. The van der Waals surface area contributed by atoms with E-state index in [1.165, 1.54) is 6.92 Å². The van der Waals surface area contributed by atoms with Gasteiger partial charge in [-0.2, -0.15) is 0 Å². The average Bonchev–Trinajstić information content (AvgIpc) is 2.87. The number of ether oxygens (including phenoxy) is 2. The molecule has 2 aromatic rings. The minimum absolute atomic E-state index is 0.117. The third-order valence-corrected chi connectivity index (χ3v) is 5.35. The van der Waals surface area contributed by atoms with Crippen LogP contribution in [0.4, 0.5) is 0 Å². The molecule has 0 bridgehead atoms. The number of allylic oxidation sites excluding steroid dienone is 1. The summed E-state index contributed by atoms with van der Waals surface area (Å²) >= 11 is 0. The molecule has 2 rings (SSSR count). The number of likely N-dealkylation sites (N-methyl/N-ethyl adjacent to an activating group) is 1. The molecule has 11 heteroatoms. The molecule has 4 N–H and O–H groups in total. The van der Waals surface area contributed by atoms with Gasteiger partial charge in [0.15, 0.2) is 17.1 Å². The Morgan fingerprint density at radius 3 is 1.79 bits per heavy atom. The first-order valence-corrected chi connectivity index (χ1v) is 12.2. The molecule has 0 aliphatic carbocycles. The molecule has 0 atom stereocenters. The third kappa shape index (κ3) is 12.7. The first-order valence-electron chi connectivity index (χ1n) is 12.2. The van der Waals surface area contributed by atoms with Gasteiger partial charge in [-0.05, 0) is 49.0 Å². The van der Waals surface area contributed by atoms with Gasteiger partial charge in [-0.15, -0.1) is 0 Å². The van der Waals surface area contributed by atoms with Crippen LogP contribution in [0.25, 0.3) is 6.08 Å². The minimum Gasteiger partial charge on any atom is -0.492 e. The number of aliphatic hydroxyl groups is 1. The van der Waals surface area contributed by atoms with E-state index in [2.05, 4.69) is 18.7 Å². The molecule has 0 radical (unpaired) electrons. The third-order valence-electron chi connectivity index (χ3n) is 5.35. The number of carbonyl (C=O) groups is 4. The summed E-state index contributed by atoms with van der Waals surface area (Å²) in [5.41, 5.74) is -1.81. The lowest BCUT2D eigenvalue weighted by Gasteiger charge is -2.18. The molecule has 0 aromatic heterocycles. The number of carbonyl (C=O) groups excluding carboxylic acids is 1. The van der Waals surface area contributed by atoms with Crippen LogP contribution in [0, 0.1) is 0 Å². The molecular weight excluding hydrogens is 510 g/mol. The van der Waals surface area contributed by atoms with Crippen molar-refractivity contribution >= 4 is 29.8 Å². The van der Waals surface area contributed by atoms with Crippen molar-refractivity contribution in [2.45, 2.75) is 39.2 Å². The maximum Gasteiger partial charge on any atom is 0.336 e. The maximum absolute atomic E-state index is 11.9. The Morgan fingerprint density at radius 1 is 0.846 bits per heavy atom. The van der Waals surface area contributed by atoms with Crippen LogP contribution in [0.5, 0.6) is 11.5 Å². The summed E-state index contributed by atoms with van der Waals surface area (Å²) in [6.07, 6.45) is -0.542. The topological polar surface area (TPSA) is 171 Å². The second-order valence-electron chi connectivity index (χ2n) is 8.40. The number of carboxylic acid groups (broad SMARTS) is 3. The molecule has 11 nitrogen and oxygen atoms in total. The molecule has 0 fully saturated rings. The summed E-state index contributed by atoms with van der Waals surface area (Å²) in [6.45, 7) is 9.38. The highest BCUT2D eigenvalue weighted by Gasteiger charge is 2.40. The zero-order chi connectivity index (χ0) is 29.4. The van der Waals surface area contributed by atoms with E-state index in [9.17, 15) is 19.2 Å². The zero-order valence-corrected chi connectivity index (χ0v) is 22.2. The van der Waals surface area contributed by atoms with Crippen molar-refractivity contribution in [3.63, 3.8) is 0 Å². The van der Waals surface area contributed by atoms with Crippen LogP contribution in [0.1, 0.15) is 39.2 Å². The first-order chi connectivity index (χ1) is 18.4. The molecule has 0 heterocycles. The molecule has 0 saturated heterocycles. The van der Waals surface area contributed by atoms with Crippen molar-refractivity contribution < 1.29 is 49.1 Å². The first kappa shape index (κ1) is 32.8. The van der Waals surface area contributed by atoms with E-state index in [-0.39, 0.29) is 5.78 Å². The van der Waals surface area contributed by atoms with Gasteiger partial charge < -0.3 is 34.8 Å². The number of nitrogens with zero attached hydrogens (tertiary/aromatic N) is 1. The van der Waals surface area contributed by atoms with Crippen LogP contribution >= 0.6 is 0 Å². The van der Waals surface area contributed by atoms with E-state index in [4.69, 9.17) is 29.9 Å². The second-order valence-corrected chi connectivity index (χ2v) is 8.40. The Balaban J connectivity index is 0.000000495. The van der Waals surface area contributed by atoms with Crippen LogP contribution in [-0.4, -0.2) is 80.9 Å². The monoisotopic (exact) mass is 545 g/mol. The normalized spacial score (nSPS) is 11.3. The zero-order valence-electron chi connectivity index (χ0n) is 22.2. The van der Waals surface area contributed by atoms with E-state index < -0.39 is 36.4 Å². The number of benzene rings is 2. The summed E-state index contributed by atoms with van der Waals surface area (Å²) in [4.78, 5) is 44.7. The minimum atomic E-state index is -2.74. The van der Waals surface area contributed by atoms with Crippen LogP contribution in [0.2, 0.25) is 0 Å². The lowest BCUT2D eigenvalue weighted by molar-refractivity contribution is -0.170. The van der Waals surface area contributed by atoms with Crippen molar-refractivity contribution in [2.24, 2.45) is 0 Å². The van der Waals surface area contributed by atoms with Crippen LogP contribution in [0.15, 0.2) is 60.4 Å². The van der Waals surface area contributed by atoms with Crippen molar-refractivity contribution in [2.75, 3.05) is 26.2 Å². The van der Waals surface area contributed by atoms with E-state index in [0.717, 1.165) is 30.9 Å². The highest BCUT2D eigenvalue weighted by molar-refractivity contribution is 5.96. The van der Waals surface area contributed by atoms with Gasteiger partial charge in [0.1, 0.15) is 18.1 Å². The maximum atomic E-state index is 11.9. The van der Waals surface area contributed by atoms with E-state index in [1.54, 1.807) is 6.08 Å². The fourth-order valence-corrected chi connectivity index (χ4v) is 3.18. The Kier molecular flexibility index (Phi) is 14.0. The van der Waals surface area contributed by atoms with Gasteiger partial charge in [-0.1, -0.05) is 44.2 Å². The molecule has 2 aromatic carbocycles. The number of hydrogen-bond acceptors (Lipinski definition) is 8. The fraction of sp³-hybridized carbons (Fsp3) is 0.357. The predicted molar refractivity (Wildman–Crippen MR) is 143 cm³/mol. The summed E-state index contributed by atoms with van der Waals surface area (Å²) in [5, 5.41) is 33.8. The Bertz CT molecular complexity index is 1090. The van der Waals surface area contributed by atoms with Gasteiger partial charge in [0, 0.05) is 13.5 Å². The summed E-state index contributed by atoms with van der Waals surface area (Å²) in [6, 6.07) is 17.0. The number of ketones is 1. The Morgan fingerprint density at radius 2 is 1.36 bits per heavy atom. The SMILES string of the molecule is CCN(CC)CCOc1ccc(OC(=Cc2ccccc2)C(C)=O)cc1.O=C(O)CC(O)(CC(=O)O)C(=O)O. The van der Waals surface area contributed by atoms with Gasteiger partial charge in [0.05, 0.1) is 12.8 Å². The summed E-state index contributed by atoms with van der Waals surface area (Å²) in [5.74, 6) is -3.42. The molecule has 0 amide bonds. The Labute approximate surface area is 226 Å². The molecular formula is C28H35NO10. The molecule has 212 valence electrons. The largest absolute Gasteiger partial charge is 0.492 e. The van der Waals surface area contributed by atoms with E-state index in [1.807, 2.05) is 54.6 Å². The molecule has 0 saturated carbocycles. The lowest BCUT2D eigenvalue weighted by atomic mass is 9.96. The Hall–Kier alpha value is -4.22. The molecule has 0 aliphatic heterocycles. The fourth-order valence-electron chi connectivity index (χ4n) is 3.18. The van der Waals surface area contributed by atoms with Crippen LogP contribution in [-0.2, 0) is 19.2 Å². The van der Waals surface area contributed by atoms with Crippen molar-refractivity contribution in [3.8, 4) is 11.5 Å². The molecule has 0 spiro atoms. The quantitative estimate of drug-likeness (QED) is 0.191. The standard InChI is InChI=1S/C22H27NO3.C6H8O7/c1-4-23(5-2)15-16-25-20-11-13-21(14-12-20)26-22(18(3)24)17-19-9-7-6-8-10-19;7-3(8)1-6(13,5(11)12)2-4(9)10/h6-14,17H,4-5,15-16H2,1-3H3;13H,1-2H2,(H,7,8)(H,9,10)(H,11,12). The van der Waals surface area contributed by atoms with E-state index >= 15 is 0 Å².